The summed E-state index contributed by atoms with van der Waals surface area (Å²) in [7, 11) is 0. The van der Waals surface area contributed by atoms with Gasteiger partial charge in [-0.15, -0.1) is 21.5 Å². The molecule has 0 spiro atoms. The molecule has 11 heteroatoms. The minimum Gasteiger partial charge on any atom is -0.446 e. The highest BCUT2D eigenvalue weighted by Crippen LogP contribution is 2.30. The Morgan fingerprint density at radius 1 is 1.19 bits per heavy atom. The summed E-state index contributed by atoms with van der Waals surface area (Å²) in [4.78, 5) is 17.0. The average Bonchev–Trinajstić information content (AvgIpc) is 3.46. The first-order chi connectivity index (χ1) is 14.9. The van der Waals surface area contributed by atoms with E-state index >= 15 is 0 Å². The van der Waals surface area contributed by atoms with Crippen LogP contribution >= 0.6 is 55.0 Å². The summed E-state index contributed by atoms with van der Waals surface area (Å²) in [5.74, 6) is 1.29. The van der Waals surface area contributed by atoms with E-state index in [2.05, 4.69) is 52.4 Å². The topological polar surface area (TPSA) is 85.8 Å². The van der Waals surface area contributed by atoms with Crippen molar-refractivity contribution in [2.75, 3.05) is 11.1 Å². The Balaban J connectivity index is 1.41. The Labute approximate surface area is 203 Å². The summed E-state index contributed by atoms with van der Waals surface area (Å²) in [6.07, 6.45) is 0. The molecule has 7 nitrogen and oxygen atoms in total. The van der Waals surface area contributed by atoms with Gasteiger partial charge in [-0.2, -0.15) is 0 Å². The van der Waals surface area contributed by atoms with E-state index in [1.165, 1.54) is 23.1 Å². The van der Waals surface area contributed by atoms with Gasteiger partial charge in [-0.25, -0.2) is 4.98 Å². The number of halogens is 2. The van der Waals surface area contributed by atoms with E-state index in [9.17, 15) is 4.79 Å². The van der Waals surface area contributed by atoms with Gasteiger partial charge in [0.2, 0.25) is 11.7 Å². The molecule has 0 fully saturated rings. The summed E-state index contributed by atoms with van der Waals surface area (Å²) in [5, 5.41) is 14.5. The van der Waals surface area contributed by atoms with Gasteiger partial charge in [0.1, 0.15) is 0 Å². The second-order valence-corrected chi connectivity index (χ2v) is 10.3. The third-order valence-corrected chi connectivity index (χ3v) is 6.85. The molecule has 31 heavy (non-hydrogen) atoms. The molecule has 4 rings (SSSR count). The van der Waals surface area contributed by atoms with Gasteiger partial charge in [0.15, 0.2) is 20.7 Å². The van der Waals surface area contributed by atoms with Crippen molar-refractivity contribution in [3.05, 3.63) is 50.9 Å². The van der Waals surface area contributed by atoms with Crippen LogP contribution in [-0.4, -0.2) is 31.4 Å². The quantitative estimate of drug-likeness (QED) is 0.250. The highest BCUT2D eigenvalue weighted by Gasteiger charge is 2.20. The molecule has 3 aromatic heterocycles. The van der Waals surface area contributed by atoms with Crippen molar-refractivity contribution in [3.8, 4) is 22.8 Å². The molecule has 160 valence electrons. The van der Waals surface area contributed by atoms with E-state index < -0.39 is 0 Å². The number of carbonyl (C=O) groups excluding carboxylic acids is 1. The Hall–Kier alpha value is -1.95. The summed E-state index contributed by atoms with van der Waals surface area (Å²) in [5.41, 5.74) is 1.82. The predicted molar refractivity (Wildman–Crippen MR) is 130 cm³/mol. The van der Waals surface area contributed by atoms with Crippen molar-refractivity contribution in [1.29, 1.82) is 0 Å². The van der Waals surface area contributed by atoms with E-state index in [0.717, 1.165) is 15.7 Å². The van der Waals surface area contributed by atoms with Crippen LogP contribution < -0.4 is 5.32 Å². The van der Waals surface area contributed by atoms with Crippen LogP contribution in [0.3, 0.4) is 0 Å². The number of aromatic nitrogens is 4. The minimum absolute atomic E-state index is 0.104. The number of anilines is 1. The number of hydrogen-bond acceptors (Lipinski definition) is 7. The largest absolute Gasteiger partial charge is 0.446 e. The third-order valence-electron chi connectivity index (χ3n) is 4.20. The van der Waals surface area contributed by atoms with Crippen LogP contribution in [0.25, 0.3) is 22.8 Å². The lowest BCUT2D eigenvalue weighted by Crippen LogP contribution is -2.15. The van der Waals surface area contributed by atoms with Crippen LogP contribution in [0.15, 0.2) is 60.5 Å². The molecule has 0 aliphatic rings. The maximum Gasteiger partial charge on any atom is 0.236 e. The van der Waals surface area contributed by atoms with E-state index in [-0.39, 0.29) is 17.7 Å². The lowest BCUT2D eigenvalue weighted by Gasteiger charge is -2.12. The molecule has 0 aliphatic heterocycles. The number of amides is 1. The second kappa shape index (κ2) is 9.68. The molecule has 0 radical (unpaired) electrons. The smallest absolute Gasteiger partial charge is 0.236 e. The summed E-state index contributed by atoms with van der Waals surface area (Å²) in [6, 6.07) is 11.6. The van der Waals surface area contributed by atoms with Crippen LogP contribution in [0, 0.1) is 0 Å². The zero-order chi connectivity index (χ0) is 22.0. The summed E-state index contributed by atoms with van der Waals surface area (Å²) in [6.45, 7) is 4.07. The normalized spacial score (nSPS) is 11.3. The first-order valence-electron chi connectivity index (χ1n) is 9.25. The van der Waals surface area contributed by atoms with E-state index in [4.69, 9.17) is 4.42 Å². The number of nitrogens with zero attached hydrogens (tertiary/aromatic N) is 4. The fourth-order valence-electron chi connectivity index (χ4n) is 2.81. The molecule has 3 heterocycles. The lowest BCUT2D eigenvalue weighted by atomic mass is 10.2. The molecule has 0 saturated heterocycles. The van der Waals surface area contributed by atoms with Gasteiger partial charge in [-0.05, 0) is 54.0 Å². The first-order valence-corrected chi connectivity index (χ1v) is 12.7. The van der Waals surface area contributed by atoms with Crippen LogP contribution in [0.5, 0.6) is 0 Å². The Kier molecular flexibility index (Phi) is 6.95. The molecule has 0 aliphatic carbocycles. The number of nitrogens with one attached hydrogen (secondary N) is 1. The average molecular weight is 583 g/mol. The van der Waals surface area contributed by atoms with Crippen molar-refractivity contribution < 1.29 is 9.21 Å². The van der Waals surface area contributed by atoms with Gasteiger partial charge in [-0.1, -0.05) is 39.8 Å². The zero-order valence-electron chi connectivity index (χ0n) is 16.5. The standard InChI is InChI=1S/C20H17Br2N5O2S2/c1-11(2)27-18(15-7-8-16(22)29-15)25-26-20(27)31-10-17(28)24-19-23-14(9-30-19)12-3-5-13(21)6-4-12/h3-9,11H,10H2,1-2H3,(H,23,24,28). The number of thioether (sulfide) groups is 1. The van der Waals surface area contributed by atoms with Crippen LogP contribution in [0.4, 0.5) is 5.13 Å². The molecular weight excluding hydrogens is 566 g/mol. The Morgan fingerprint density at radius 2 is 1.97 bits per heavy atom. The highest BCUT2D eigenvalue weighted by molar-refractivity contribution is 9.10. The SMILES string of the molecule is CC(C)n1c(SCC(=O)Nc2nc(-c3ccc(Br)cc3)cs2)nnc1-c1ccc(Br)o1. The molecule has 0 saturated carbocycles. The fraction of sp³-hybridized carbons (Fsp3) is 0.200. The van der Waals surface area contributed by atoms with Gasteiger partial charge < -0.3 is 9.73 Å². The zero-order valence-corrected chi connectivity index (χ0v) is 21.3. The van der Waals surface area contributed by atoms with Gasteiger partial charge >= 0.3 is 0 Å². The molecule has 0 unspecified atom stereocenters. The molecule has 1 amide bonds. The molecule has 1 N–H and O–H groups in total. The number of carbonyl (C=O) groups is 1. The first kappa shape index (κ1) is 22.3. The van der Waals surface area contributed by atoms with E-state index in [1.807, 2.05) is 60.2 Å². The number of hydrogen-bond donors (Lipinski definition) is 1. The van der Waals surface area contributed by atoms with Crippen molar-refractivity contribution in [3.63, 3.8) is 0 Å². The maximum absolute atomic E-state index is 12.5. The van der Waals surface area contributed by atoms with Crippen molar-refractivity contribution in [2.24, 2.45) is 0 Å². The fourth-order valence-corrected chi connectivity index (χ4v) is 4.99. The van der Waals surface area contributed by atoms with Gasteiger partial charge in [0.25, 0.3) is 0 Å². The summed E-state index contributed by atoms with van der Waals surface area (Å²) >= 11 is 9.46. The third kappa shape index (κ3) is 5.28. The predicted octanol–water partition coefficient (Wildman–Crippen LogP) is 6.50. The monoisotopic (exact) mass is 581 g/mol. The lowest BCUT2D eigenvalue weighted by molar-refractivity contribution is -0.113. The van der Waals surface area contributed by atoms with Crippen LogP contribution in [0.2, 0.25) is 0 Å². The number of benzene rings is 1. The molecule has 1 aromatic carbocycles. The Bertz CT molecular complexity index is 1200. The van der Waals surface area contributed by atoms with Gasteiger partial charge in [0, 0.05) is 21.5 Å². The van der Waals surface area contributed by atoms with Crippen molar-refractivity contribution in [1.82, 2.24) is 19.7 Å². The summed E-state index contributed by atoms with van der Waals surface area (Å²) < 4.78 is 9.21. The van der Waals surface area contributed by atoms with Gasteiger partial charge in [-0.3, -0.25) is 9.36 Å². The van der Waals surface area contributed by atoms with Crippen LogP contribution in [0.1, 0.15) is 19.9 Å². The van der Waals surface area contributed by atoms with Crippen molar-refractivity contribution >= 4 is 66.0 Å². The van der Waals surface area contributed by atoms with E-state index in [0.29, 0.717) is 26.5 Å². The van der Waals surface area contributed by atoms with Gasteiger partial charge in [0.05, 0.1) is 11.4 Å². The number of rotatable bonds is 7. The van der Waals surface area contributed by atoms with Crippen molar-refractivity contribution in [2.45, 2.75) is 25.0 Å². The maximum atomic E-state index is 12.5. The molecule has 4 aromatic rings. The van der Waals surface area contributed by atoms with Crippen LogP contribution in [-0.2, 0) is 4.79 Å². The molecule has 0 atom stereocenters. The highest BCUT2D eigenvalue weighted by atomic mass is 79.9. The van der Waals surface area contributed by atoms with E-state index in [1.54, 1.807) is 0 Å². The Morgan fingerprint density at radius 3 is 2.65 bits per heavy atom. The minimum atomic E-state index is -0.151. The number of thiazole rings is 1. The molecular formula is C20H17Br2N5O2S2. The molecule has 0 bridgehead atoms. The second-order valence-electron chi connectivity index (χ2n) is 6.76. The number of furan rings is 1.